The van der Waals surface area contributed by atoms with Crippen molar-refractivity contribution in [2.24, 2.45) is 0 Å². The van der Waals surface area contributed by atoms with E-state index < -0.39 is 5.41 Å². The lowest BCUT2D eigenvalue weighted by Crippen LogP contribution is -2.28. The van der Waals surface area contributed by atoms with Crippen LogP contribution in [0.5, 0.6) is 0 Å². The summed E-state index contributed by atoms with van der Waals surface area (Å²) in [4.78, 5) is 2.46. The van der Waals surface area contributed by atoms with Gasteiger partial charge in [0.1, 0.15) is 5.00 Å². The van der Waals surface area contributed by atoms with Gasteiger partial charge in [0.05, 0.1) is 11.1 Å². The molecular weight excluding hydrogens is 739 g/mol. The van der Waals surface area contributed by atoms with Gasteiger partial charge in [-0.25, -0.2) is 0 Å². The van der Waals surface area contributed by atoms with Gasteiger partial charge >= 0.3 is 0 Å². The maximum Gasteiger partial charge on any atom is 0.109 e. The molecule has 0 radical (unpaired) electrons. The van der Waals surface area contributed by atoms with Crippen molar-refractivity contribution in [1.29, 1.82) is 0 Å². The van der Waals surface area contributed by atoms with Crippen LogP contribution in [0.4, 0.5) is 16.4 Å². The Morgan fingerprint density at radius 3 is 1.74 bits per heavy atom. The summed E-state index contributed by atoms with van der Waals surface area (Å²) in [7, 11) is 0. The van der Waals surface area contributed by atoms with Gasteiger partial charge < -0.3 is 4.90 Å². The zero-order chi connectivity index (χ0) is 36.1. The van der Waals surface area contributed by atoms with E-state index in [2.05, 4.69) is 226 Å². The van der Waals surface area contributed by atoms with Gasteiger partial charge in [0.2, 0.25) is 0 Å². The van der Waals surface area contributed by atoms with E-state index in [1.807, 2.05) is 11.3 Å². The van der Waals surface area contributed by atoms with Crippen LogP contribution in [0.1, 0.15) is 22.3 Å². The highest BCUT2D eigenvalue weighted by Crippen LogP contribution is 2.58. The normalized spacial score (nSPS) is 12.7. The molecule has 1 aliphatic rings. The summed E-state index contributed by atoms with van der Waals surface area (Å²) in [5, 5.41) is 5.99. The quantitative estimate of drug-likeness (QED) is 0.156. The van der Waals surface area contributed by atoms with Crippen LogP contribution in [-0.4, -0.2) is 0 Å². The molecule has 3 heteroatoms. The molecule has 8 aromatic carbocycles. The minimum absolute atomic E-state index is 0.502. The van der Waals surface area contributed by atoms with Crippen molar-refractivity contribution in [2.45, 2.75) is 5.41 Å². The minimum Gasteiger partial charge on any atom is -0.301 e. The van der Waals surface area contributed by atoms with Crippen molar-refractivity contribution in [3.63, 3.8) is 0 Å². The summed E-state index contributed by atoms with van der Waals surface area (Å²) in [6.07, 6.45) is 0. The molecule has 10 rings (SSSR count). The van der Waals surface area contributed by atoms with Gasteiger partial charge in [0.15, 0.2) is 0 Å². The highest BCUT2D eigenvalue weighted by atomic mass is 79.9. The van der Waals surface area contributed by atoms with Gasteiger partial charge in [-0.05, 0) is 86.3 Å². The minimum atomic E-state index is -0.502. The lowest BCUT2D eigenvalue weighted by Gasteiger charge is -2.34. The van der Waals surface area contributed by atoms with Crippen LogP contribution in [0.15, 0.2) is 210 Å². The number of halogens is 1. The number of benzene rings is 8. The predicted octanol–water partition coefficient (Wildman–Crippen LogP) is 14.8. The number of hydrogen-bond donors (Lipinski definition) is 0. The second-order valence-electron chi connectivity index (χ2n) is 13.8. The average Bonchev–Trinajstić information content (AvgIpc) is 3.80. The molecule has 0 amide bonds. The van der Waals surface area contributed by atoms with E-state index in [0.29, 0.717) is 0 Å². The van der Waals surface area contributed by atoms with Crippen molar-refractivity contribution in [1.82, 2.24) is 0 Å². The van der Waals surface area contributed by atoms with Crippen molar-refractivity contribution >= 4 is 54.4 Å². The highest BCUT2D eigenvalue weighted by molar-refractivity contribution is 9.10. The molecular formula is C51H34BrNS. The van der Waals surface area contributed by atoms with E-state index in [1.165, 1.54) is 71.4 Å². The van der Waals surface area contributed by atoms with Crippen LogP contribution in [0, 0.1) is 0 Å². The van der Waals surface area contributed by atoms with Gasteiger partial charge in [0, 0.05) is 32.1 Å². The Hall–Kier alpha value is -6.00. The molecule has 0 N–H and O–H groups in total. The number of thiophene rings is 1. The van der Waals surface area contributed by atoms with E-state index in [1.54, 1.807) is 0 Å². The number of hydrogen-bond acceptors (Lipinski definition) is 2. The molecule has 256 valence electrons. The molecule has 1 nitrogen and oxygen atoms in total. The largest absolute Gasteiger partial charge is 0.301 e. The third-order valence-electron chi connectivity index (χ3n) is 10.9. The molecule has 1 heterocycles. The van der Waals surface area contributed by atoms with E-state index in [9.17, 15) is 0 Å². The van der Waals surface area contributed by atoms with Crippen LogP contribution >= 0.6 is 27.3 Å². The Morgan fingerprint density at radius 1 is 0.463 bits per heavy atom. The van der Waals surface area contributed by atoms with Crippen molar-refractivity contribution < 1.29 is 0 Å². The van der Waals surface area contributed by atoms with E-state index in [4.69, 9.17) is 0 Å². The van der Waals surface area contributed by atoms with E-state index >= 15 is 0 Å². The molecule has 0 atom stereocenters. The van der Waals surface area contributed by atoms with Crippen LogP contribution < -0.4 is 4.90 Å². The van der Waals surface area contributed by atoms with Crippen LogP contribution in [0.2, 0.25) is 0 Å². The summed E-state index contributed by atoms with van der Waals surface area (Å²) in [5.41, 5.74) is 14.3. The molecule has 0 fully saturated rings. The first kappa shape index (κ1) is 32.6. The number of nitrogens with zero attached hydrogens (tertiary/aromatic N) is 1. The Morgan fingerprint density at radius 2 is 1.04 bits per heavy atom. The molecule has 0 saturated carbocycles. The van der Waals surface area contributed by atoms with Crippen LogP contribution in [0.3, 0.4) is 0 Å². The van der Waals surface area contributed by atoms with Gasteiger partial charge in [-0.1, -0.05) is 180 Å². The molecule has 0 bridgehead atoms. The van der Waals surface area contributed by atoms with Crippen molar-refractivity contribution in [3.8, 4) is 33.4 Å². The van der Waals surface area contributed by atoms with Crippen molar-refractivity contribution in [3.05, 3.63) is 232 Å². The molecule has 54 heavy (non-hydrogen) atoms. The number of rotatable bonds is 7. The smallest absolute Gasteiger partial charge is 0.109 e. The first-order valence-electron chi connectivity index (χ1n) is 18.3. The van der Waals surface area contributed by atoms with Crippen LogP contribution in [-0.2, 0) is 5.41 Å². The van der Waals surface area contributed by atoms with Crippen LogP contribution in [0.25, 0.3) is 44.2 Å². The molecule has 1 aromatic heterocycles. The number of anilines is 3. The fourth-order valence-electron chi connectivity index (χ4n) is 8.58. The summed E-state index contributed by atoms with van der Waals surface area (Å²) < 4.78 is 1.08. The van der Waals surface area contributed by atoms with Gasteiger partial charge in [-0.15, -0.1) is 11.3 Å². The topological polar surface area (TPSA) is 3.24 Å². The summed E-state index contributed by atoms with van der Waals surface area (Å²) >= 11 is 5.67. The summed E-state index contributed by atoms with van der Waals surface area (Å²) in [6, 6.07) is 73.1. The van der Waals surface area contributed by atoms with Gasteiger partial charge in [-0.2, -0.15) is 0 Å². The first-order chi connectivity index (χ1) is 26.7. The van der Waals surface area contributed by atoms with E-state index in [0.717, 1.165) is 15.8 Å². The molecule has 0 unspecified atom stereocenters. The Labute approximate surface area is 328 Å². The average molecular weight is 773 g/mol. The standard InChI is InChI=1S/C51H34BrNS/c52-40-29-31-44-43-30-28-37(32-46(43)51(47(44)33-40,38-20-7-2-8-21-38)39-22-9-3-10-23-39)45-34-54-50(49(45)36-17-5-1-6-18-36)53(41-24-11-4-12-25-41)48-27-15-19-35-16-13-14-26-42(35)48/h1-34H. The monoisotopic (exact) mass is 771 g/mol. The SMILES string of the molecule is Brc1ccc2c(c1)C(c1ccccc1)(c1ccccc1)c1cc(-c3csc(N(c4ccccc4)c4cccc5ccccc45)c3-c3ccccc3)ccc1-2. The number of para-hydroxylation sites is 1. The maximum atomic E-state index is 3.86. The third kappa shape index (κ3) is 5.19. The summed E-state index contributed by atoms with van der Waals surface area (Å²) in [6.45, 7) is 0. The lowest BCUT2D eigenvalue weighted by molar-refractivity contribution is 0.768. The van der Waals surface area contributed by atoms with E-state index in [-0.39, 0.29) is 0 Å². The molecule has 0 saturated heterocycles. The summed E-state index contributed by atoms with van der Waals surface area (Å²) in [5.74, 6) is 0. The Bertz CT molecular complexity index is 2730. The first-order valence-corrected chi connectivity index (χ1v) is 20.0. The zero-order valence-corrected chi connectivity index (χ0v) is 31.8. The number of fused-ring (bicyclic) bond motifs is 4. The Balaban J connectivity index is 1.26. The molecule has 1 aliphatic carbocycles. The molecule has 9 aromatic rings. The van der Waals surface area contributed by atoms with Gasteiger partial charge in [-0.3, -0.25) is 0 Å². The fraction of sp³-hybridized carbons (Fsp3) is 0.0196. The van der Waals surface area contributed by atoms with Gasteiger partial charge in [0.25, 0.3) is 0 Å². The maximum absolute atomic E-state index is 3.86. The molecule has 0 spiro atoms. The third-order valence-corrected chi connectivity index (χ3v) is 12.3. The highest BCUT2D eigenvalue weighted by Gasteiger charge is 2.46. The second kappa shape index (κ2) is 13.4. The predicted molar refractivity (Wildman–Crippen MR) is 232 cm³/mol. The zero-order valence-electron chi connectivity index (χ0n) is 29.4. The second-order valence-corrected chi connectivity index (χ2v) is 15.6. The molecule has 0 aliphatic heterocycles. The lowest BCUT2D eigenvalue weighted by atomic mass is 9.67. The Kier molecular flexibility index (Phi) is 8.13. The van der Waals surface area contributed by atoms with Crippen molar-refractivity contribution in [2.75, 3.05) is 4.90 Å². The fourth-order valence-corrected chi connectivity index (χ4v) is 10.1.